The Bertz CT molecular complexity index is 737. The Kier molecular flexibility index (Phi) is 6.19. The van der Waals surface area contributed by atoms with E-state index in [0.717, 1.165) is 23.0 Å². The van der Waals surface area contributed by atoms with Crippen molar-refractivity contribution in [1.82, 2.24) is 10.2 Å². The second-order valence-electron chi connectivity index (χ2n) is 7.67. The van der Waals surface area contributed by atoms with Crippen LogP contribution >= 0.6 is 15.9 Å². The summed E-state index contributed by atoms with van der Waals surface area (Å²) in [6.45, 7) is 5.35. The number of likely N-dealkylation sites (tertiary alicyclic amines) is 1. The minimum absolute atomic E-state index is 0.00381. The molecule has 7 heteroatoms. The van der Waals surface area contributed by atoms with Gasteiger partial charge < -0.3 is 15.1 Å². The van der Waals surface area contributed by atoms with Crippen LogP contribution in [0.4, 0.5) is 5.69 Å². The maximum atomic E-state index is 13.0. The molecule has 3 amide bonds. The van der Waals surface area contributed by atoms with E-state index in [1.165, 1.54) is 0 Å². The van der Waals surface area contributed by atoms with E-state index in [0.29, 0.717) is 19.6 Å². The summed E-state index contributed by atoms with van der Waals surface area (Å²) in [5.41, 5.74) is 0.811. The van der Waals surface area contributed by atoms with E-state index >= 15 is 0 Å². The third kappa shape index (κ3) is 4.69. The SMILES string of the molecule is CC(C)C(=O)NC1CCCN(C(=O)C2CC(=O)N(c3cccc(Br)c3)C2)C1. The molecule has 6 nitrogen and oxygen atoms in total. The van der Waals surface area contributed by atoms with E-state index in [2.05, 4.69) is 21.2 Å². The van der Waals surface area contributed by atoms with Gasteiger partial charge in [0.15, 0.2) is 0 Å². The molecule has 0 radical (unpaired) electrons. The molecule has 2 fully saturated rings. The molecule has 0 aromatic heterocycles. The molecule has 146 valence electrons. The first-order valence-electron chi connectivity index (χ1n) is 9.50. The van der Waals surface area contributed by atoms with Crippen molar-refractivity contribution in [3.8, 4) is 0 Å². The molecule has 3 rings (SSSR count). The minimum Gasteiger partial charge on any atom is -0.351 e. The Hall–Kier alpha value is -1.89. The molecule has 1 N–H and O–H groups in total. The van der Waals surface area contributed by atoms with Crippen LogP contribution in [0.25, 0.3) is 0 Å². The normalized spacial score (nSPS) is 23.0. The van der Waals surface area contributed by atoms with Crippen molar-refractivity contribution in [2.24, 2.45) is 11.8 Å². The smallest absolute Gasteiger partial charge is 0.228 e. The van der Waals surface area contributed by atoms with E-state index in [1.807, 2.05) is 43.0 Å². The number of hydrogen-bond acceptors (Lipinski definition) is 3. The van der Waals surface area contributed by atoms with Gasteiger partial charge in [-0.1, -0.05) is 35.8 Å². The predicted molar refractivity (Wildman–Crippen MR) is 107 cm³/mol. The number of rotatable bonds is 4. The van der Waals surface area contributed by atoms with Crippen LogP contribution in [-0.4, -0.2) is 48.3 Å². The molecule has 0 saturated carbocycles. The summed E-state index contributed by atoms with van der Waals surface area (Å²) in [6, 6.07) is 7.56. The van der Waals surface area contributed by atoms with Crippen molar-refractivity contribution in [3.05, 3.63) is 28.7 Å². The van der Waals surface area contributed by atoms with Crippen LogP contribution in [-0.2, 0) is 14.4 Å². The van der Waals surface area contributed by atoms with Gasteiger partial charge in [-0.05, 0) is 31.0 Å². The number of amides is 3. The largest absolute Gasteiger partial charge is 0.351 e. The lowest BCUT2D eigenvalue weighted by Gasteiger charge is -2.35. The van der Waals surface area contributed by atoms with Gasteiger partial charge in [0.1, 0.15) is 0 Å². The van der Waals surface area contributed by atoms with Gasteiger partial charge in [0.25, 0.3) is 0 Å². The molecule has 27 heavy (non-hydrogen) atoms. The molecule has 0 bridgehead atoms. The maximum absolute atomic E-state index is 13.0. The van der Waals surface area contributed by atoms with E-state index in [1.54, 1.807) is 4.90 Å². The van der Waals surface area contributed by atoms with Crippen LogP contribution in [0.3, 0.4) is 0 Å². The molecule has 0 spiro atoms. The molecule has 2 heterocycles. The average Bonchev–Trinajstić information content (AvgIpc) is 3.03. The fraction of sp³-hybridized carbons (Fsp3) is 0.550. The summed E-state index contributed by atoms with van der Waals surface area (Å²) in [6.07, 6.45) is 1.99. The van der Waals surface area contributed by atoms with Crippen LogP contribution in [0, 0.1) is 11.8 Å². The van der Waals surface area contributed by atoms with E-state index in [-0.39, 0.29) is 42.0 Å². The maximum Gasteiger partial charge on any atom is 0.228 e. The lowest BCUT2D eigenvalue weighted by atomic mass is 10.0. The highest BCUT2D eigenvalue weighted by atomic mass is 79.9. The van der Waals surface area contributed by atoms with Crippen molar-refractivity contribution >= 4 is 39.3 Å². The monoisotopic (exact) mass is 435 g/mol. The number of piperidine rings is 1. The summed E-state index contributed by atoms with van der Waals surface area (Å²) >= 11 is 3.42. The number of carbonyl (C=O) groups excluding carboxylic acids is 3. The summed E-state index contributed by atoms with van der Waals surface area (Å²) in [5.74, 6) is -0.373. The van der Waals surface area contributed by atoms with Gasteiger partial charge in [-0.15, -0.1) is 0 Å². The molecular formula is C20H26BrN3O3. The number of nitrogens with one attached hydrogen (secondary N) is 1. The third-order valence-electron chi connectivity index (χ3n) is 5.20. The first-order chi connectivity index (χ1) is 12.8. The molecule has 0 aliphatic carbocycles. The van der Waals surface area contributed by atoms with Crippen molar-refractivity contribution in [2.45, 2.75) is 39.2 Å². The zero-order valence-corrected chi connectivity index (χ0v) is 17.4. The lowest BCUT2D eigenvalue weighted by Crippen LogP contribution is -2.51. The quantitative estimate of drug-likeness (QED) is 0.789. The second-order valence-corrected chi connectivity index (χ2v) is 8.59. The Morgan fingerprint density at radius 1 is 1.26 bits per heavy atom. The van der Waals surface area contributed by atoms with E-state index in [9.17, 15) is 14.4 Å². The number of benzene rings is 1. The van der Waals surface area contributed by atoms with Crippen molar-refractivity contribution in [3.63, 3.8) is 0 Å². The van der Waals surface area contributed by atoms with Gasteiger partial charge in [-0.3, -0.25) is 14.4 Å². The fourth-order valence-corrected chi connectivity index (χ4v) is 4.07. The van der Waals surface area contributed by atoms with Crippen molar-refractivity contribution < 1.29 is 14.4 Å². The highest BCUT2D eigenvalue weighted by molar-refractivity contribution is 9.10. The van der Waals surface area contributed by atoms with Gasteiger partial charge in [-0.2, -0.15) is 0 Å². The topological polar surface area (TPSA) is 69.7 Å². The van der Waals surface area contributed by atoms with Crippen LogP contribution in [0.5, 0.6) is 0 Å². The Morgan fingerprint density at radius 2 is 2.04 bits per heavy atom. The number of carbonyl (C=O) groups is 3. The Morgan fingerprint density at radius 3 is 2.74 bits per heavy atom. The molecular weight excluding hydrogens is 410 g/mol. The van der Waals surface area contributed by atoms with Crippen molar-refractivity contribution in [1.29, 1.82) is 0 Å². The van der Waals surface area contributed by atoms with Crippen LogP contribution in [0.15, 0.2) is 28.7 Å². The van der Waals surface area contributed by atoms with Gasteiger partial charge in [0.05, 0.1) is 5.92 Å². The Balaban J connectivity index is 1.62. The molecule has 1 aromatic rings. The van der Waals surface area contributed by atoms with Gasteiger partial charge >= 0.3 is 0 Å². The number of hydrogen-bond donors (Lipinski definition) is 1. The average molecular weight is 436 g/mol. The number of anilines is 1. The molecule has 2 unspecified atom stereocenters. The van der Waals surface area contributed by atoms with Gasteiger partial charge in [-0.25, -0.2) is 0 Å². The molecule has 2 aliphatic rings. The zero-order chi connectivity index (χ0) is 19.6. The lowest BCUT2D eigenvalue weighted by molar-refractivity contribution is -0.138. The molecule has 2 aliphatic heterocycles. The van der Waals surface area contributed by atoms with Crippen molar-refractivity contribution in [2.75, 3.05) is 24.5 Å². The molecule has 2 atom stereocenters. The highest BCUT2D eigenvalue weighted by Crippen LogP contribution is 2.29. The fourth-order valence-electron chi connectivity index (χ4n) is 3.69. The second kappa shape index (κ2) is 8.42. The van der Waals surface area contributed by atoms with Gasteiger partial charge in [0, 0.05) is 48.2 Å². The molecule has 1 aromatic carbocycles. The predicted octanol–water partition coefficient (Wildman–Crippen LogP) is 2.57. The number of halogens is 1. The zero-order valence-electron chi connectivity index (χ0n) is 15.8. The highest BCUT2D eigenvalue weighted by Gasteiger charge is 2.38. The Labute approximate surface area is 168 Å². The van der Waals surface area contributed by atoms with Crippen LogP contribution in [0.2, 0.25) is 0 Å². The summed E-state index contributed by atoms with van der Waals surface area (Å²) < 4.78 is 0.905. The van der Waals surface area contributed by atoms with E-state index < -0.39 is 0 Å². The summed E-state index contributed by atoms with van der Waals surface area (Å²) in [5, 5.41) is 3.03. The van der Waals surface area contributed by atoms with E-state index in [4.69, 9.17) is 0 Å². The standard InChI is InChI=1S/C20H26BrN3O3/c1-13(2)19(26)22-16-6-4-8-23(12-16)20(27)14-9-18(25)24(11-14)17-7-3-5-15(21)10-17/h3,5,7,10,13-14,16H,4,6,8-9,11-12H2,1-2H3,(H,22,26). The van der Waals surface area contributed by atoms with Crippen LogP contribution in [0.1, 0.15) is 33.1 Å². The number of nitrogens with zero attached hydrogens (tertiary/aromatic N) is 2. The summed E-state index contributed by atoms with van der Waals surface area (Å²) in [7, 11) is 0. The van der Waals surface area contributed by atoms with Gasteiger partial charge in [0.2, 0.25) is 17.7 Å². The first kappa shape index (κ1) is 19.9. The first-order valence-corrected chi connectivity index (χ1v) is 10.3. The third-order valence-corrected chi connectivity index (χ3v) is 5.69. The van der Waals surface area contributed by atoms with Crippen LogP contribution < -0.4 is 10.2 Å². The summed E-state index contributed by atoms with van der Waals surface area (Å²) in [4.78, 5) is 40.9. The minimum atomic E-state index is -0.323. The molecule has 2 saturated heterocycles.